The van der Waals surface area contributed by atoms with Crippen LogP contribution in [0.25, 0.3) is 0 Å². The van der Waals surface area contributed by atoms with Gasteiger partial charge in [0.1, 0.15) is 5.56 Å². The smallest absolute Gasteiger partial charge is 0.282 e. The van der Waals surface area contributed by atoms with E-state index in [1.807, 2.05) is 24.3 Å². The van der Waals surface area contributed by atoms with Crippen molar-refractivity contribution >= 4 is 40.3 Å². The average Bonchev–Trinajstić information content (AvgIpc) is 2.69. The van der Waals surface area contributed by atoms with Crippen molar-refractivity contribution in [2.45, 2.75) is 32.2 Å². The number of carbonyl (C=O) groups excluding carboxylic acids is 1. The van der Waals surface area contributed by atoms with Gasteiger partial charge in [-0.05, 0) is 68.7 Å². The summed E-state index contributed by atoms with van der Waals surface area (Å²) in [5, 5.41) is 16.6. The Morgan fingerprint density at radius 3 is 2.57 bits per heavy atom. The standard InChI is InChI=1S/C20H22N4O3S/c1-14-6-4-5-13-23(14)16-11-9-15(10-12-16)21-20(28)22-19(25)17-7-2-3-8-18(17)24(26)27/h2-3,7-12,14H,4-6,13H2,1H3,(H2,21,22,25,28)/t14-/m0/s1. The van der Waals surface area contributed by atoms with Gasteiger partial charge in [0, 0.05) is 30.0 Å². The zero-order chi connectivity index (χ0) is 20.1. The van der Waals surface area contributed by atoms with Gasteiger partial charge in [0.05, 0.1) is 4.92 Å². The Labute approximate surface area is 168 Å². The molecule has 0 unspecified atom stereocenters. The molecule has 0 saturated carbocycles. The number of nitrogens with one attached hydrogen (secondary N) is 2. The Morgan fingerprint density at radius 2 is 1.89 bits per heavy atom. The second-order valence-corrected chi connectivity index (χ2v) is 7.18. The number of piperidine rings is 1. The van der Waals surface area contributed by atoms with Gasteiger partial charge in [-0.2, -0.15) is 0 Å². The molecule has 1 heterocycles. The molecule has 1 saturated heterocycles. The molecule has 146 valence electrons. The lowest BCUT2D eigenvalue weighted by Gasteiger charge is -2.35. The Bertz CT molecular complexity index is 885. The second-order valence-electron chi connectivity index (χ2n) is 6.77. The highest BCUT2D eigenvalue weighted by atomic mass is 32.1. The number of benzene rings is 2. The van der Waals surface area contributed by atoms with E-state index in [0.717, 1.165) is 17.9 Å². The molecule has 1 aliphatic heterocycles. The molecule has 7 nitrogen and oxygen atoms in total. The van der Waals surface area contributed by atoms with Gasteiger partial charge >= 0.3 is 0 Å². The maximum absolute atomic E-state index is 12.3. The minimum atomic E-state index is -0.622. The number of amides is 1. The number of nitrogens with zero attached hydrogens (tertiary/aromatic N) is 2. The highest BCUT2D eigenvalue weighted by Crippen LogP contribution is 2.25. The number of thiocarbonyl (C=S) groups is 1. The van der Waals surface area contributed by atoms with Gasteiger partial charge in [-0.1, -0.05) is 12.1 Å². The zero-order valence-corrected chi connectivity index (χ0v) is 16.4. The molecule has 3 rings (SSSR count). The Kier molecular flexibility index (Phi) is 6.20. The summed E-state index contributed by atoms with van der Waals surface area (Å²) >= 11 is 5.17. The predicted molar refractivity (Wildman–Crippen MR) is 114 cm³/mol. The van der Waals surface area contributed by atoms with Crippen LogP contribution in [0.3, 0.4) is 0 Å². The average molecular weight is 398 g/mol. The zero-order valence-electron chi connectivity index (χ0n) is 15.6. The first-order valence-corrected chi connectivity index (χ1v) is 9.59. The third-order valence-corrected chi connectivity index (χ3v) is 5.04. The summed E-state index contributed by atoms with van der Waals surface area (Å²) in [6, 6.07) is 14.1. The molecule has 1 fully saturated rings. The van der Waals surface area contributed by atoms with Crippen LogP contribution >= 0.6 is 12.2 Å². The first-order valence-electron chi connectivity index (χ1n) is 9.18. The molecule has 8 heteroatoms. The van der Waals surface area contributed by atoms with Crippen LogP contribution in [0.15, 0.2) is 48.5 Å². The molecule has 0 aromatic heterocycles. The topological polar surface area (TPSA) is 87.5 Å². The number of hydrogen-bond acceptors (Lipinski definition) is 5. The lowest BCUT2D eigenvalue weighted by atomic mass is 10.0. The third-order valence-electron chi connectivity index (χ3n) is 4.83. The maximum atomic E-state index is 12.3. The summed E-state index contributed by atoms with van der Waals surface area (Å²) < 4.78 is 0. The minimum absolute atomic E-state index is 0.0360. The maximum Gasteiger partial charge on any atom is 0.282 e. The number of anilines is 2. The van der Waals surface area contributed by atoms with Gasteiger partial charge in [0.25, 0.3) is 11.6 Å². The number of para-hydroxylation sites is 1. The first-order chi connectivity index (χ1) is 13.5. The van der Waals surface area contributed by atoms with Crippen molar-refractivity contribution < 1.29 is 9.72 Å². The Morgan fingerprint density at radius 1 is 1.18 bits per heavy atom. The fraction of sp³-hybridized carbons (Fsp3) is 0.300. The highest BCUT2D eigenvalue weighted by molar-refractivity contribution is 7.80. The third kappa shape index (κ3) is 4.64. The van der Waals surface area contributed by atoms with E-state index in [2.05, 4.69) is 22.5 Å². The summed E-state index contributed by atoms with van der Waals surface area (Å²) in [6.45, 7) is 3.29. The van der Waals surface area contributed by atoms with Gasteiger partial charge < -0.3 is 10.2 Å². The molecule has 1 aliphatic rings. The van der Waals surface area contributed by atoms with Crippen LogP contribution in [0.4, 0.5) is 17.1 Å². The van der Waals surface area contributed by atoms with Crippen molar-refractivity contribution in [3.05, 3.63) is 64.2 Å². The molecule has 0 radical (unpaired) electrons. The van der Waals surface area contributed by atoms with Crippen molar-refractivity contribution in [3.8, 4) is 0 Å². The number of carbonyl (C=O) groups is 1. The molecule has 2 aromatic rings. The van der Waals surface area contributed by atoms with Crippen LogP contribution in [0.2, 0.25) is 0 Å². The molecule has 1 atom stereocenters. The van der Waals surface area contributed by atoms with Crippen LogP contribution in [0, 0.1) is 10.1 Å². The Balaban J connectivity index is 1.62. The monoisotopic (exact) mass is 398 g/mol. The fourth-order valence-electron chi connectivity index (χ4n) is 3.38. The minimum Gasteiger partial charge on any atom is -0.369 e. The van der Waals surface area contributed by atoms with Crippen molar-refractivity contribution in [1.29, 1.82) is 0 Å². The fourth-order valence-corrected chi connectivity index (χ4v) is 3.59. The number of nitro groups is 1. The number of hydrogen-bond donors (Lipinski definition) is 2. The van der Waals surface area contributed by atoms with Gasteiger partial charge in [-0.3, -0.25) is 20.2 Å². The number of nitro benzene ring substituents is 1. The number of rotatable bonds is 4. The molecule has 0 bridgehead atoms. The van der Waals surface area contributed by atoms with Gasteiger partial charge in [0.15, 0.2) is 5.11 Å². The van der Waals surface area contributed by atoms with Crippen LogP contribution < -0.4 is 15.5 Å². The van der Waals surface area contributed by atoms with Gasteiger partial charge in [-0.25, -0.2) is 0 Å². The van der Waals surface area contributed by atoms with E-state index in [1.54, 1.807) is 6.07 Å². The van der Waals surface area contributed by atoms with Crippen LogP contribution in [0.1, 0.15) is 36.5 Å². The normalized spacial score (nSPS) is 16.3. The van der Waals surface area contributed by atoms with Crippen molar-refractivity contribution in [2.24, 2.45) is 0 Å². The van der Waals surface area contributed by atoms with E-state index in [9.17, 15) is 14.9 Å². The summed E-state index contributed by atoms with van der Waals surface area (Å²) in [5.41, 5.74) is 1.60. The van der Waals surface area contributed by atoms with E-state index in [0.29, 0.717) is 6.04 Å². The van der Waals surface area contributed by atoms with Crippen LogP contribution in [0.5, 0.6) is 0 Å². The van der Waals surface area contributed by atoms with E-state index >= 15 is 0 Å². The first kappa shape index (κ1) is 19.8. The van der Waals surface area contributed by atoms with E-state index in [4.69, 9.17) is 12.2 Å². The predicted octanol–water partition coefficient (Wildman–Crippen LogP) is 4.10. The lowest BCUT2D eigenvalue weighted by Crippen LogP contribution is -2.37. The Hall–Kier alpha value is -3.00. The SMILES string of the molecule is C[C@H]1CCCCN1c1ccc(NC(=S)NC(=O)c2ccccc2[N+](=O)[O-])cc1. The molecular weight excluding hydrogens is 376 g/mol. The van der Waals surface area contributed by atoms with Crippen molar-refractivity contribution in [3.63, 3.8) is 0 Å². The molecule has 1 amide bonds. The highest BCUT2D eigenvalue weighted by Gasteiger charge is 2.20. The molecule has 2 aromatic carbocycles. The quantitative estimate of drug-likeness (QED) is 0.458. The molecule has 2 N–H and O–H groups in total. The summed E-state index contributed by atoms with van der Waals surface area (Å²) in [7, 11) is 0. The van der Waals surface area contributed by atoms with E-state index in [1.165, 1.54) is 37.5 Å². The molecule has 0 aliphatic carbocycles. The van der Waals surface area contributed by atoms with E-state index < -0.39 is 10.8 Å². The van der Waals surface area contributed by atoms with Gasteiger partial charge in [-0.15, -0.1) is 0 Å². The molecular formula is C20H22N4O3S. The summed E-state index contributed by atoms with van der Waals surface area (Å²) in [5.74, 6) is -0.622. The van der Waals surface area contributed by atoms with E-state index in [-0.39, 0.29) is 16.4 Å². The summed E-state index contributed by atoms with van der Waals surface area (Å²) in [6.07, 6.45) is 3.67. The largest absolute Gasteiger partial charge is 0.369 e. The lowest BCUT2D eigenvalue weighted by molar-refractivity contribution is -0.385. The second kappa shape index (κ2) is 8.79. The van der Waals surface area contributed by atoms with Crippen molar-refractivity contribution in [1.82, 2.24) is 5.32 Å². The van der Waals surface area contributed by atoms with Crippen molar-refractivity contribution in [2.75, 3.05) is 16.8 Å². The molecule has 28 heavy (non-hydrogen) atoms. The van der Waals surface area contributed by atoms with Crippen LogP contribution in [-0.2, 0) is 0 Å². The van der Waals surface area contributed by atoms with Gasteiger partial charge in [0.2, 0.25) is 0 Å². The molecule has 0 spiro atoms. The summed E-state index contributed by atoms with van der Waals surface area (Å²) in [4.78, 5) is 25.2. The van der Waals surface area contributed by atoms with Crippen LogP contribution in [-0.4, -0.2) is 28.5 Å².